The van der Waals surface area contributed by atoms with Gasteiger partial charge < -0.3 is 4.74 Å². The van der Waals surface area contributed by atoms with Crippen molar-refractivity contribution in [1.82, 2.24) is 0 Å². The van der Waals surface area contributed by atoms with Crippen LogP contribution in [0.15, 0.2) is 30.5 Å². The van der Waals surface area contributed by atoms with Crippen molar-refractivity contribution in [3.8, 4) is 5.75 Å². The first kappa shape index (κ1) is 7.10. The van der Waals surface area contributed by atoms with E-state index in [2.05, 4.69) is 6.58 Å². The molecule has 0 aliphatic carbocycles. The Balaban J connectivity index is 2.62. The molecule has 0 fully saturated rings. The minimum absolute atomic E-state index is 0.106. The number of ketones is 1. The highest BCUT2D eigenvalue weighted by atomic mass is 16.5. The first-order valence-corrected chi connectivity index (χ1v) is 3.70. The van der Waals surface area contributed by atoms with E-state index in [1.807, 2.05) is 19.1 Å². The van der Waals surface area contributed by atoms with Crippen molar-refractivity contribution in [3.63, 3.8) is 0 Å². The Kier molecular flexibility index (Phi) is 1.30. The summed E-state index contributed by atoms with van der Waals surface area (Å²) >= 11 is 0. The van der Waals surface area contributed by atoms with Crippen molar-refractivity contribution < 1.29 is 9.53 Å². The van der Waals surface area contributed by atoms with Crippen LogP contribution < -0.4 is 4.74 Å². The highest BCUT2D eigenvalue weighted by molar-refractivity contribution is 6.11. The summed E-state index contributed by atoms with van der Waals surface area (Å²) in [6.07, 6.45) is 0. The first-order chi connectivity index (χ1) is 5.68. The lowest BCUT2D eigenvalue weighted by molar-refractivity contribution is 0.101. The van der Waals surface area contributed by atoms with E-state index < -0.39 is 0 Å². The minimum Gasteiger partial charge on any atom is -0.453 e. The second-order valence-corrected chi connectivity index (χ2v) is 2.85. The Morgan fingerprint density at radius 1 is 1.42 bits per heavy atom. The van der Waals surface area contributed by atoms with Crippen molar-refractivity contribution in [2.24, 2.45) is 0 Å². The molecule has 1 aromatic carbocycles. The van der Waals surface area contributed by atoms with Gasteiger partial charge in [0.05, 0.1) is 5.56 Å². The second-order valence-electron chi connectivity index (χ2n) is 2.85. The van der Waals surface area contributed by atoms with E-state index in [-0.39, 0.29) is 11.5 Å². The van der Waals surface area contributed by atoms with Crippen LogP contribution in [0.1, 0.15) is 15.9 Å². The Morgan fingerprint density at radius 3 is 2.92 bits per heavy atom. The van der Waals surface area contributed by atoms with Gasteiger partial charge in [0.25, 0.3) is 0 Å². The number of hydrogen-bond acceptors (Lipinski definition) is 2. The van der Waals surface area contributed by atoms with E-state index in [0.29, 0.717) is 11.3 Å². The average Bonchev–Trinajstić information content (AvgIpc) is 2.28. The van der Waals surface area contributed by atoms with Crippen LogP contribution >= 0.6 is 0 Å². The van der Waals surface area contributed by atoms with Gasteiger partial charge in [-0.3, -0.25) is 4.79 Å². The molecule has 0 atom stereocenters. The molecule has 0 aromatic heterocycles. The van der Waals surface area contributed by atoms with E-state index in [0.717, 1.165) is 5.56 Å². The lowest BCUT2D eigenvalue weighted by Gasteiger charge is -1.96. The number of fused-ring (bicyclic) bond motifs is 1. The highest BCUT2D eigenvalue weighted by Gasteiger charge is 2.24. The number of ether oxygens (including phenoxy) is 1. The van der Waals surface area contributed by atoms with Gasteiger partial charge in [-0.1, -0.05) is 12.6 Å². The summed E-state index contributed by atoms with van der Waals surface area (Å²) in [5.41, 5.74) is 1.70. The van der Waals surface area contributed by atoms with Crippen LogP contribution in [0.25, 0.3) is 0 Å². The maximum Gasteiger partial charge on any atom is 0.231 e. The lowest BCUT2D eigenvalue weighted by Crippen LogP contribution is -1.94. The molecule has 0 N–H and O–H groups in total. The monoisotopic (exact) mass is 160 g/mol. The van der Waals surface area contributed by atoms with Crippen LogP contribution in [0.2, 0.25) is 0 Å². The molecule has 2 heteroatoms. The molecule has 2 nitrogen and oxygen atoms in total. The summed E-state index contributed by atoms with van der Waals surface area (Å²) in [4.78, 5) is 11.3. The summed E-state index contributed by atoms with van der Waals surface area (Å²) in [5, 5.41) is 0. The molecule has 0 saturated heterocycles. The standard InChI is InChI=1S/C10H8O2/c1-6-3-4-8-9(5-6)12-7(2)10(8)11/h3-5H,2H2,1H3. The summed E-state index contributed by atoms with van der Waals surface area (Å²) in [7, 11) is 0. The van der Waals surface area contributed by atoms with Gasteiger partial charge in [0.1, 0.15) is 5.75 Å². The fourth-order valence-electron chi connectivity index (χ4n) is 1.23. The largest absolute Gasteiger partial charge is 0.453 e. The van der Waals surface area contributed by atoms with Crippen LogP contribution in [0.3, 0.4) is 0 Å². The molecule has 1 aromatic rings. The molecule has 0 unspecified atom stereocenters. The number of benzene rings is 1. The van der Waals surface area contributed by atoms with Crippen molar-refractivity contribution in [2.45, 2.75) is 6.92 Å². The molecule has 0 spiro atoms. The van der Waals surface area contributed by atoms with Gasteiger partial charge in [-0.05, 0) is 24.6 Å². The number of Topliss-reactive ketones (excluding diaryl/α,β-unsaturated/α-hetero) is 1. The molecule has 60 valence electrons. The zero-order chi connectivity index (χ0) is 8.72. The highest BCUT2D eigenvalue weighted by Crippen LogP contribution is 2.30. The summed E-state index contributed by atoms with van der Waals surface area (Å²) in [5.74, 6) is 0.741. The number of aryl methyl sites for hydroxylation is 1. The third-order valence-electron chi connectivity index (χ3n) is 1.87. The zero-order valence-electron chi connectivity index (χ0n) is 6.76. The summed E-state index contributed by atoms with van der Waals surface area (Å²) in [6, 6.07) is 5.50. The predicted octanol–water partition coefficient (Wildman–Crippen LogP) is 2.08. The molecule has 1 aliphatic heterocycles. The van der Waals surface area contributed by atoms with Gasteiger partial charge in [-0.25, -0.2) is 0 Å². The predicted molar refractivity (Wildman–Crippen MR) is 45.3 cm³/mol. The van der Waals surface area contributed by atoms with Crippen LogP contribution in [0.4, 0.5) is 0 Å². The van der Waals surface area contributed by atoms with Gasteiger partial charge in [-0.15, -0.1) is 0 Å². The van der Waals surface area contributed by atoms with Crippen molar-refractivity contribution >= 4 is 5.78 Å². The van der Waals surface area contributed by atoms with Crippen LogP contribution in [0.5, 0.6) is 5.75 Å². The molecule has 2 rings (SSSR count). The third-order valence-corrected chi connectivity index (χ3v) is 1.87. The lowest BCUT2D eigenvalue weighted by atomic mass is 10.1. The Bertz CT molecular complexity index is 377. The Labute approximate surface area is 70.5 Å². The van der Waals surface area contributed by atoms with Gasteiger partial charge in [0.2, 0.25) is 5.78 Å². The van der Waals surface area contributed by atoms with Crippen molar-refractivity contribution in [3.05, 3.63) is 41.7 Å². The Morgan fingerprint density at radius 2 is 2.17 bits per heavy atom. The Hall–Kier alpha value is -1.57. The summed E-state index contributed by atoms with van der Waals surface area (Å²) < 4.78 is 5.16. The van der Waals surface area contributed by atoms with Gasteiger partial charge >= 0.3 is 0 Å². The SMILES string of the molecule is C=C1Oc2cc(C)ccc2C1=O. The van der Waals surface area contributed by atoms with E-state index in [9.17, 15) is 4.79 Å². The molecule has 0 amide bonds. The smallest absolute Gasteiger partial charge is 0.231 e. The molecular formula is C10H8O2. The van der Waals surface area contributed by atoms with Gasteiger partial charge in [-0.2, -0.15) is 0 Å². The topological polar surface area (TPSA) is 26.3 Å². The number of carbonyl (C=O) groups excluding carboxylic acids is 1. The maximum absolute atomic E-state index is 11.3. The summed E-state index contributed by atoms with van der Waals surface area (Å²) in [6.45, 7) is 5.46. The number of carbonyl (C=O) groups is 1. The quantitative estimate of drug-likeness (QED) is 0.543. The fraction of sp³-hybridized carbons (Fsp3) is 0.100. The number of allylic oxidation sites excluding steroid dienone is 1. The van der Waals surface area contributed by atoms with E-state index in [1.54, 1.807) is 6.07 Å². The van der Waals surface area contributed by atoms with Crippen molar-refractivity contribution in [2.75, 3.05) is 0 Å². The van der Waals surface area contributed by atoms with E-state index in [1.165, 1.54) is 0 Å². The van der Waals surface area contributed by atoms with E-state index in [4.69, 9.17) is 4.74 Å². The molecule has 1 aliphatic rings. The third kappa shape index (κ3) is 0.848. The molecule has 0 bridgehead atoms. The fourth-order valence-corrected chi connectivity index (χ4v) is 1.23. The zero-order valence-corrected chi connectivity index (χ0v) is 6.76. The van der Waals surface area contributed by atoms with E-state index >= 15 is 0 Å². The maximum atomic E-state index is 11.3. The van der Waals surface area contributed by atoms with Crippen LogP contribution in [0, 0.1) is 6.92 Å². The van der Waals surface area contributed by atoms with Crippen LogP contribution in [-0.2, 0) is 0 Å². The average molecular weight is 160 g/mol. The van der Waals surface area contributed by atoms with Crippen LogP contribution in [-0.4, -0.2) is 5.78 Å². The number of rotatable bonds is 0. The first-order valence-electron chi connectivity index (χ1n) is 3.70. The minimum atomic E-state index is -0.106. The normalized spacial score (nSPS) is 14.4. The second kappa shape index (κ2) is 2.21. The van der Waals surface area contributed by atoms with Gasteiger partial charge in [0.15, 0.2) is 5.76 Å². The molecule has 0 radical (unpaired) electrons. The van der Waals surface area contributed by atoms with Crippen molar-refractivity contribution in [1.29, 1.82) is 0 Å². The molecule has 1 heterocycles. The number of hydrogen-bond donors (Lipinski definition) is 0. The molecular weight excluding hydrogens is 152 g/mol. The molecule has 0 saturated carbocycles. The molecule has 12 heavy (non-hydrogen) atoms. The van der Waals surface area contributed by atoms with Gasteiger partial charge in [0, 0.05) is 0 Å².